The summed E-state index contributed by atoms with van der Waals surface area (Å²) in [6, 6.07) is 7.05. The number of rotatable bonds is 10. The zero-order valence-corrected chi connectivity index (χ0v) is 22.9. The van der Waals surface area contributed by atoms with Crippen LogP contribution in [0.5, 0.6) is 0 Å². The average molecular weight is 507 g/mol. The van der Waals surface area contributed by atoms with Crippen LogP contribution in [0.4, 0.5) is 4.39 Å². The van der Waals surface area contributed by atoms with Crippen molar-refractivity contribution < 1.29 is 14.0 Å². The number of benzene rings is 1. The lowest BCUT2D eigenvalue weighted by atomic mass is 9.88. The molecular formula is C30H39FN4O2. The molecule has 1 amide bonds. The van der Waals surface area contributed by atoms with Gasteiger partial charge in [-0.3, -0.25) is 14.7 Å². The quantitative estimate of drug-likeness (QED) is 0.345. The summed E-state index contributed by atoms with van der Waals surface area (Å²) in [6.07, 6.45) is 7.11. The smallest absolute Gasteiger partial charge is 0.254 e. The molecule has 1 atom stereocenters. The van der Waals surface area contributed by atoms with E-state index in [1.807, 2.05) is 33.2 Å². The van der Waals surface area contributed by atoms with Crippen LogP contribution in [-0.4, -0.2) is 63.6 Å². The van der Waals surface area contributed by atoms with Crippen LogP contribution in [-0.2, 0) is 11.2 Å². The summed E-state index contributed by atoms with van der Waals surface area (Å²) in [5.74, 6) is 0.396. The second kappa shape index (κ2) is 11.1. The highest BCUT2D eigenvalue weighted by Crippen LogP contribution is 2.35. The molecule has 4 rings (SSSR count). The molecule has 7 heteroatoms. The van der Waals surface area contributed by atoms with Crippen LogP contribution in [0.2, 0.25) is 0 Å². The van der Waals surface area contributed by atoms with Crippen molar-refractivity contribution in [2.45, 2.75) is 66.0 Å². The Kier molecular flexibility index (Phi) is 8.12. The van der Waals surface area contributed by atoms with Gasteiger partial charge in [0.25, 0.3) is 5.91 Å². The van der Waals surface area contributed by atoms with Crippen molar-refractivity contribution in [3.63, 3.8) is 0 Å². The Morgan fingerprint density at radius 2 is 1.89 bits per heavy atom. The van der Waals surface area contributed by atoms with Gasteiger partial charge in [-0.1, -0.05) is 19.9 Å². The van der Waals surface area contributed by atoms with E-state index in [4.69, 9.17) is 0 Å². The summed E-state index contributed by atoms with van der Waals surface area (Å²) in [6.45, 7) is 12.4. The Morgan fingerprint density at radius 3 is 2.54 bits per heavy atom. The standard InChI is InChI=1S/C30H39FN4O2/c1-19(2)28(8-7-11-36)34-17-22(18-34)12-24-14-26(29-16-32-15-21(5)35(24)29)25-10-9-23(31)13-27(25)30(37)33(6)20(3)4/h9-11,13-16,19-20,22,28H,7-8,12,17-18H2,1-6H3/t28-/m1/s1. The lowest BCUT2D eigenvalue weighted by Crippen LogP contribution is -2.54. The Hall–Kier alpha value is -3.06. The van der Waals surface area contributed by atoms with Gasteiger partial charge in [0, 0.05) is 61.8 Å². The van der Waals surface area contributed by atoms with Gasteiger partial charge >= 0.3 is 0 Å². The Labute approximate surface area is 219 Å². The number of halogens is 1. The second-order valence-corrected chi connectivity index (χ2v) is 11.1. The fourth-order valence-electron chi connectivity index (χ4n) is 5.60. The molecule has 0 unspecified atom stereocenters. The molecule has 2 aromatic heterocycles. The number of amides is 1. The van der Waals surface area contributed by atoms with Gasteiger partial charge in [0.15, 0.2) is 0 Å². The zero-order valence-electron chi connectivity index (χ0n) is 22.9. The van der Waals surface area contributed by atoms with Crippen LogP contribution in [0.15, 0.2) is 36.7 Å². The van der Waals surface area contributed by atoms with Gasteiger partial charge < -0.3 is 14.1 Å². The van der Waals surface area contributed by atoms with Crippen LogP contribution < -0.4 is 0 Å². The Bertz CT molecular complexity index is 1280. The highest BCUT2D eigenvalue weighted by Gasteiger charge is 2.34. The molecular weight excluding hydrogens is 467 g/mol. The van der Waals surface area contributed by atoms with Gasteiger partial charge in [-0.2, -0.15) is 0 Å². The molecule has 0 radical (unpaired) electrons. The van der Waals surface area contributed by atoms with Crippen LogP contribution in [0, 0.1) is 24.6 Å². The van der Waals surface area contributed by atoms with Gasteiger partial charge in [-0.05, 0) is 69.2 Å². The van der Waals surface area contributed by atoms with Crippen molar-refractivity contribution in [1.82, 2.24) is 19.2 Å². The first-order valence-corrected chi connectivity index (χ1v) is 13.3. The van der Waals surface area contributed by atoms with Gasteiger partial charge in [0.1, 0.15) is 12.1 Å². The predicted molar refractivity (Wildman–Crippen MR) is 145 cm³/mol. The lowest BCUT2D eigenvalue weighted by molar-refractivity contribution is -0.108. The maximum atomic E-state index is 14.3. The number of fused-ring (bicyclic) bond motifs is 1. The first kappa shape index (κ1) is 27.0. The maximum absolute atomic E-state index is 14.3. The molecule has 6 nitrogen and oxygen atoms in total. The fourth-order valence-corrected chi connectivity index (χ4v) is 5.60. The van der Waals surface area contributed by atoms with Gasteiger partial charge in [-0.15, -0.1) is 0 Å². The number of aromatic nitrogens is 2. The predicted octanol–water partition coefficient (Wildman–Crippen LogP) is 5.41. The Balaban J connectivity index is 1.67. The third kappa shape index (κ3) is 5.47. The topological polar surface area (TPSA) is 57.9 Å². The third-order valence-electron chi connectivity index (χ3n) is 7.83. The molecule has 0 N–H and O–H groups in total. The number of hydrogen-bond donors (Lipinski definition) is 0. The summed E-state index contributed by atoms with van der Waals surface area (Å²) in [4.78, 5) is 32.8. The van der Waals surface area contributed by atoms with E-state index in [9.17, 15) is 14.0 Å². The normalized spacial score (nSPS) is 15.4. The summed E-state index contributed by atoms with van der Waals surface area (Å²) in [5.41, 5.74) is 5.10. The minimum atomic E-state index is -0.425. The first-order chi connectivity index (χ1) is 17.6. The van der Waals surface area contributed by atoms with Crippen molar-refractivity contribution in [1.29, 1.82) is 0 Å². The van der Waals surface area contributed by atoms with E-state index < -0.39 is 5.82 Å². The number of hydrogen-bond acceptors (Lipinski definition) is 4. The minimum absolute atomic E-state index is 0.00312. The van der Waals surface area contributed by atoms with Gasteiger partial charge in [-0.25, -0.2) is 4.39 Å². The van der Waals surface area contributed by atoms with Gasteiger partial charge in [0.05, 0.1) is 17.3 Å². The molecule has 0 spiro atoms. The summed E-state index contributed by atoms with van der Waals surface area (Å²) in [7, 11) is 1.75. The van der Waals surface area contributed by atoms with E-state index in [2.05, 4.69) is 34.2 Å². The lowest BCUT2D eigenvalue weighted by Gasteiger charge is -2.46. The molecule has 198 valence electrons. The first-order valence-electron chi connectivity index (χ1n) is 13.3. The molecule has 1 fully saturated rings. The molecule has 0 bridgehead atoms. The van der Waals surface area contributed by atoms with E-state index in [0.717, 1.165) is 54.6 Å². The molecule has 0 saturated carbocycles. The van der Waals surface area contributed by atoms with E-state index in [1.165, 1.54) is 17.8 Å². The summed E-state index contributed by atoms with van der Waals surface area (Å²) < 4.78 is 16.5. The van der Waals surface area contributed by atoms with E-state index in [0.29, 0.717) is 29.9 Å². The molecule has 3 aromatic rings. The highest BCUT2D eigenvalue weighted by molar-refractivity contribution is 6.03. The van der Waals surface area contributed by atoms with Crippen molar-refractivity contribution in [2.75, 3.05) is 20.1 Å². The summed E-state index contributed by atoms with van der Waals surface area (Å²) >= 11 is 0. The van der Waals surface area contributed by atoms with Gasteiger partial charge in [0.2, 0.25) is 0 Å². The van der Waals surface area contributed by atoms with E-state index >= 15 is 0 Å². The van der Waals surface area contributed by atoms with Crippen molar-refractivity contribution >= 4 is 17.7 Å². The van der Waals surface area contributed by atoms with Crippen molar-refractivity contribution in [2.24, 2.45) is 11.8 Å². The fraction of sp³-hybridized carbons (Fsp3) is 0.500. The minimum Gasteiger partial charge on any atom is -0.339 e. The van der Waals surface area contributed by atoms with Crippen LogP contribution >= 0.6 is 0 Å². The number of carbonyl (C=O) groups is 2. The zero-order chi connectivity index (χ0) is 26.9. The van der Waals surface area contributed by atoms with Crippen molar-refractivity contribution in [3.8, 4) is 11.1 Å². The molecule has 37 heavy (non-hydrogen) atoms. The SMILES string of the molecule is Cc1cncc2c(-c3ccc(F)cc3C(=O)N(C)C(C)C)cc(CC3CN([C@H](CCC=O)C(C)C)C3)n12. The monoisotopic (exact) mass is 506 g/mol. The molecule has 1 aliphatic heterocycles. The largest absolute Gasteiger partial charge is 0.339 e. The summed E-state index contributed by atoms with van der Waals surface area (Å²) in [5, 5.41) is 0. The molecule has 0 aliphatic carbocycles. The molecule has 1 aromatic carbocycles. The number of nitrogens with zero attached hydrogens (tertiary/aromatic N) is 4. The van der Waals surface area contributed by atoms with E-state index in [1.54, 1.807) is 18.0 Å². The second-order valence-electron chi connectivity index (χ2n) is 11.1. The molecule has 1 saturated heterocycles. The molecule has 1 aliphatic rings. The maximum Gasteiger partial charge on any atom is 0.254 e. The Morgan fingerprint density at radius 1 is 1.16 bits per heavy atom. The van der Waals surface area contributed by atoms with E-state index in [-0.39, 0.29) is 11.9 Å². The number of aldehydes is 1. The third-order valence-corrected chi connectivity index (χ3v) is 7.83. The number of aryl methyl sites for hydroxylation is 1. The van der Waals surface area contributed by atoms with Crippen molar-refractivity contribution in [3.05, 3.63) is 59.4 Å². The van der Waals surface area contributed by atoms with Crippen LogP contribution in [0.25, 0.3) is 16.6 Å². The van der Waals surface area contributed by atoms with Crippen LogP contribution in [0.3, 0.4) is 0 Å². The average Bonchev–Trinajstić information content (AvgIpc) is 3.20. The highest BCUT2D eigenvalue weighted by atomic mass is 19.1. The number of carbonyl (C=O) groups excluding carboxylic acids is 2. The number of likely N-dealkylation sites (tertiary alicyclic amines) is 1. The van der Waals surface area contributed by atoms with Crippen LogP contribution in [0.1, 0.15) is 62.3 Å². The molecule has 3 heterocycles.